The molecule has 2 amide bonds. The summed E-state index contributed by atoms with van der Waals surface area (Å²) >= 11 is 1.34. The molecule has 0 radical (unpaired) electrons. The molecule has 2 heterocycles. The fraction of sp³-hybridized carbons (Fsp3) is 0.346. The number of carbonyl (C=O) groups is 2. The minimum absolute atomic E-state index is 0.0865. The van der Waals surface area contributed by atoms with E-state index in [0.29, 0.717) is 19.8 Å². The lowest BCUT2D eigenvalue weighted by atomic mass is 10.1. The van der Waals surface area contributed by atoms with Crippen LogP contribution in [0.4, 0.5) is 5.69 Å². The molecule has 0 fully saturated rings. The van der Waals surface area contributed by atoms with Crippen LogP contribution in [0.3, 0.4) is 0 Å². The molecule has 1 aromatic heterocycles. The van der Waals surface area contributed by atoms with E-state index in [1.165, 1.54) is 11.8 Å². The van der Waals surface area contributed by atoms with Crippen molar-refractivity contribution in [3.05, 3.63) is 53.2 Å². The Morgan fingerprint density at radius 2 is 1.74 bits per heavy atom. The monoisotopic (exact) mass is 494 g/mol. The highest BCUT2D eigenvalue weighted by molar-refractivity contribution is 7.99. The normalized spacial score (nSPS) is 12.3. The predicted octanol–water partition coefficient (Wildman–Crippen LogP) is 4.11. The molecular formula is C26H30N4O4S. The van der Waals surface area contributed by atoms with Gasteiger partial charge in [0.25, 0.3) is 0 Å². The Bertz CT molecular complexity index is 1230. The largest absolute Gasteiger partial charge is 0.486 e. The molecule has 3 aromatic rings. The highest BCUT2D eigenvalue weighted by atomic mass is 32.2. The van der Waals surface area contributed by atoms with Gasteiger partial charge in [0.05, 0.1) is 24.2 Å². The third-order valence-electron chi connectivity index (χ3n) is 5.69. The highest BCUT2D eigenvalue weighted by Gasteiger charge is 2.17. The van der Waals surface area contributed by atoms with E-state index in [0.717, 1.165) is 50.3 Å². The van der Waals surface area contributed by atoms with Crippen LogP contribution in [-0.4, -0.2) is 46.9 Å². The van der Waals surface area contributed by atoms with Gasteiger partial charge in [0.15, 0.2) is 16.7 Å². The molecular weight excluding hydrogens is 464 g/mol. The maximum Gasteiger partial charge on any atom is 0.243 e. The second-order valence-corrected chi connectivity index (χ2v) is 9.36. The van der Waals surface area contributed by atoms with E-state index < -0.39 is 0 Å². The van der Waals surface area contributed by atoms with Crippen molar-refractivity contribution in [2.45, 2.75) is 39.4 Å². The second kappa shape index (κ2) is 10.9. The molecule has 184 valence electrons. The summed E-state index contributed by atoms with van der Waals surface area (Å²) in [5.41, 5.74) is 5.84. The maximum atomic E-state index is 12.4. The smallest absolute Gasteiger partial charge is 0.243 e. The number of nitrogens with one attached hydrogen (secondary N) is 2. The molecule has 0 saturated carbocycles. The molecule has 2 aromatic carbocycles. The summed E-state index contributed by atoms with van der Waals surface area (Å²) in [6.07, 6.45) is 1.80. The molecule has 9 heteroatoms. The summed E-state index contributed by atoms with van der Waals surface area (Å²) in [6, 6.07) is 9.88. The topological polar surface area (TPSA) is 94.5 Å². The van der Waals surface area contributed by atoms with Gasteiger partial charge in [-0.1, -0.05) is 29.5 Å². The van der Waals surface area contributed by atoms with Crippen LogP contribution in [-0.2, 0) is 16.1 Å². The Morgan fingerprint density at radius 1 is 1.03 bits per heavy atom. The predicted molar refractivity (Wildman–Crippen MR) is 137 cm³/mol. The van der Waals surface area contributed by atoms with Crippen LogP contribution in [0.1, 0.15) is 23.6 Å². The summed E-state index contributed by atoms with van der Waals surface area (Å²) < 4.78 is 13.4. The molecule has 0 aliphatic carbocycles. The lowest BCUT2D eigenvalue weighted by Crippen LogP contribution is -2.34. The molecule has 0 atom stereocenters. The van der Waals surface area contributed by atoms with Crippen molar-refractivity contribution in [2.75, 3.05) is 30.8 Å². The minimum atomic E-state index is -0.255. The molecule has 4 rings (SSSR count). The molecule has 0 spiro atoms. The Hall–Kier alpha value is -3.46. The lowest BCUT2D eigenvalue weighted by molar-refractivity contribution is -0.122. The zero-order chi connectivity index (χ0) is 24.9. The summed E-state index contributed by atoms with van der Waals surface area (Å²) in [6.45, 7) is 9.66. The minimum Gasteiger partial charge on any atom is -0.486 e. The van der Waals surface area contributed by atoms with Crippen molar-refractivity contribution < 1.29 is 19.1 Å². The van der Waals surface area contributed by atoms with E-state index in [-0.39, 0.29) is 24.1 Å². The molecule has 35 heavy (non-hydrogen) atoms. The van der Waals surface area contributed by atoms with Gasteiger partial charge in [0.2, 0.25) is 11.8 Å². The number of amides is 2. The van der Waals surface area contributed by atoms with Crippen LogP contribution < -0.4 is 20.1 Å². The summed E-state index contributed by atoms with van der Waals surface area (Å²) in [7, 11) is 0. The Balaban J connectivity index is 1.33. The van der Waals surface area contributed by atoms with E-state index in [2.05, 4.69) is 20.2 Å². The molecule has 1 aliphatic heterocycles. The molecule has 0 unspecified atom stereocenters. The fourth-order valence-corrected chi connectivity index (χ4v) is 5.01. The van der Waals surface area contributed by atoms with E-state index in [1.807, 2.05) is 58.0 Å². The Morgan fingerprint density at radius 3 is 2.46 bits per heavy atom. The number of hydrogen-bond donors (Lipinski definition) is 2. The van der Waals surface area contributed by atoms with Gasteiger partial charge in [0, 0.05) is 17.8 Å². The zero-order valence-electron chi connectivity index (χ0n) is 20.4. The number of ether oxygens (including phenoxy) is 2. The van der Waals surface area contributed by atoms with Gasteiger partial charge >= 0.3 is 0 Å². The van der Waals surface area contributed by atoms with Gasteiger partial charge in [-0.25, -0.2) is 4.98 Å². The maximum absolute atomic E-state index is 12.4. The Labute approximate surface area is 209 Å². The number of thioether (sulfide) groups is 1. The van der Waals surface area contributed by atoms with Gasteiger partial charge < -0.3 is 24.7 Å². The third-order valence-corrected chi connectivity index (χ3v) is 6.68. The Kier molecular flexibility index (Phi) is 7.65. The van der Waals surface area contributed by atoms with Crippen molar-refractivity contribution in [2.24, 2.45) is 0 Å². The zero-order valence-corrected chi connectivity index (χ0v) is 21.3. The van der Waals surface area contributed by atoms with Crippen LogP contribution in [0.25, 0.3) is 11.3 Å². The van der Waals surface area contributed by atoms with Crippen LogP contribution >= 0.6 is 11.8 Å². The lowest BCUT2D eigenvalue weighted by Gasteiger charge is -2.19. The number of rotatable bonds is 8. The van der Waals surface area contributed by atoms with Crippen molar-refractivity contribution in [3.63, 3.8) is 0 Å². The number of nitrogens with zero attached hydrogens (tertiary/aromatic N) is 2. The van der Waals surface area contributed by atoms with Gasteiger partial charge in [-0.15, -0.1) is 0 Å². The van der Waals surface area contributed by atoms with Crippen LogP contribution in [0.15, 0.2) is 41.7 Å². The molecule has 1 aliphatic rings. The number of carbonyl (C=O) groups excluding carboxylic acids is 2. The average Bonchev–Trinajstić information content (AvgIpc) is 3.26. The number of imidazole rings is 1. The number of fused-ring (bicyclic) bond motifs is 1. The van der Waals surface area contributed by atoms with Gasteiger partial charge in [-0.05, 0) is 57.0 Å². The van der Waals surface area contributed by atoms with Crippen molar-refractivity contribution >= 4 is 29.3 Å². The van der Waals surface area contributed by atoms with Gasteiger partial charge in [-0.3, -0.25) is 9.59 Å². The first kappa shape index (κ1) is 24.7. The number of aromatic nitrogens is 2. The SMILES string of the molecule is CCn1c(-c2ccc3c(c2)OCCO3)cnc1SCC(=O)NCC(=O)Nc1c(C)cc(C)cc1C. The summed E-state index contributed by atoms with van der Waals surface area (Å²) in [5, 5.41) is 6.33. The van der Waals surface area contributed by atoms with E-state index >= 15 is 0 Å². The fourth-order valence-electron chi connectivity index (χ4n) is 4.13. The second-order valence-electron chi connectivity index (χ2n) is 8.42. The number of anilines is 1. The van der Waals surface area contributed by atoms with E-state index in [9.17, 15) is 9.59 Å². The van der Waals surface area contributed by atoms with Crippen LogP contribution in [0.5, 0.6) is 11.5 Å². The van der Waals surface area contributed by atoms with E-state index in [1.54, 1.807) is 6.20 Å². The van der Waals surface area contributed by atoms with Crippen LogP contribution in [0, 0.1) is 20.8 Å². The number of hydrogen-bond acceptors (Lipinski definition) is 6. The molecule has 8 nitrogen and oxygen atoms in total. The van der Waals surface area contributed by atoms with Crippen molar-refractivity contribution in [3.8, 4) is 22.8 Å². The van der Waals surface area contributed by atoms with Gasteiger partial charge in [0.1, 0.15) is 13.2 Å². The first-order chi connectivity index (χ1) is 16.9. The van der Waals surface area contributed by atoms with Crippen molar-refractivity contribution in [1.29, 1.82) is 0 Å². The third kappa shape index (κ3) is 5.79. The number of benzene rings is 2. The van der Waals surface area contributed by atoms with Crippen LogP contribution in [0.2, 0.25) is 0 Å². The first-order valence-electron chi connectivity index (χ1n) is 11.6. The summed E-state index contributed by atoms with van der Waals surface area (Å²) in [4.78, 5) is 29.3. The number of aryl methyl sites for hydroxylation is 3. The van der Waals surface area contributed by atoms with E-state index in [4.69, 9.17) is 9.47 Å². The van der Waals surface area contributed by atoms with Gasteiger partial charge in [-0.2, -0.15) is 0 Å². The quantitative estimate of drug-likeness (QED) is 0.458. The molecule has 2 N–H and O–H groups in total. The molecule has 0 saturated heterocycles. The highest BCUT2D eigenvalue weighted by Crippen LogP contribution is 2.35. The molecule has 0 bridgehead atoms. The summed E-state index contributed by atoms with van der Waals surface area (Å²) in [5.74, 6) is 1.14. The first-order valence-corrected chi connectivity index (χ1v) is 12.6. The average molecular weight is 495 g/mol. The standard InChI is InChI=1S/C26H30N4O4S/c1-5-30-20(19-6-7-21-22(12-19)34-9-8-33-21)13-28-26(30)35-15-24(32)27-14-23(31)29-25-17(3)10-16(2)11-18(25)4/h6-7,10-13H,5,8-9,14-15H2,1-4H3,(H,27,32)(H,29,31). The van der Waals surface area contributed by atoms with Crippen molar-refractivity contribution in [1.82, 2.24) is 14.9 Å².